The maximum atomic E-state index is 13.4. The predicted octanol–water partition coefficient (Wildman–Crippen LogP) is 4.56. The van der Waals surface area contributed by atoms with E-state index in [1.54, 1.807) is 36.4 Å². The molecule has 1 aromatic carbocycles. The number of piperidine rings is 1. The van der Waals surface area contributed by atoms with E-state index in [9.17, 15) is 8.42 Å². The average molecular weight is 401 g/mol. The summed E-state index contributed by atoms with van der Waals surface area (Å²) in [5, 5.41) is -0.0518. The van der Waals surface area contributed by atoms with Crippen molar-refractivity contribution in [1.29, 1.82) is 0 Å². The zero-order valence-electron chi connectivity index (χ0n) is 16.3. The maximum Gasteiger partial charge on any atom is 0.266 e. The van der Waals surface area contributed by atoms with Gasteiger partial charge in [-0.15, -0.1) is 0 Å². The molecule has 7 heteroatoms. The Labute approximate surface area is 165 Å². The molecule has 0 spiro atoms. The van der Waals surface area contributed by atoms with Crippen molar-refractivity contribution in [3.05, 3.63) is 48.2 Å². The van der Waals surface area contributed by atoms with Crippen LogP contribution in [0.4, 0.5) is 5.88 Å². The summed E-state index contributed by atoms with van der Waals surface area (Å²) in [5.41, 5.74) is 0.995. The molecule has 0 N–H and O–H groups in total. The summed E-state index contributed by atoms with van der Waals surface area (Å²) in [7, 11) is -3.83. The summed E-state index contributed by atoms with van der Waals surface area (Å²) in [4.78, 5) is 6.56. The Balaban J connectivity index is 1.84. The van der Waals surface area contributed by atoms with Crippen molar-refractivity contribution < 1.29 is 17.3 Å². The molecule has 0 bridgehead atoms. The van der Waals surface area contributed by atoms with E-state index in [1.807, 2.05) is 11.8 Å². The van der Waals surface area contributed by atoms with Crippen LogP contribution in [-0.2, 0) is 9.84 Å². The topological polar surface area (TPSA) is 76.5 Å². The third kappa shape index (κ3) is 3.46. The van der Waals surface area contributed by atoms with Gasteiger partial charge >= 0.3 is 0 Å². The highest BCUT2D eigenvalue weighted by molar-refractivity contribution is 7.91. The molecule has 0 saturated carbocycles. The van der Waals surface area contributed by atoms with Crippen molar-refractivity contribution in [3.8, 4) is 11.7 Å². The number of hydrogen-bond acceptors (Lipinski definition) is 6. The van der Waals surface area contributed by atoms with Crippen LogP contribution in [-0.4, -0.2) is 26.5 Å². The van der Waals surface area contributed by atoms with Gasteiger partial charge in [-0.1, -0.05) is 31.5 Å². The molecule has 2 aromatic heterocycles. The first-order valence-corrected chi connectivity index (χ1v) is 10.9. The molecule has 1 aliphatic heterocycles. The molecule has 0 aliphatic carbocycles. The number of furan rings is 1. The molecule has 3 aromatic rings. The lowest BCUT2D eigenvalue weighted by Crippen LogP contribution is -2.39. The van der Waals surface area contributed by atoms with E-state index < -0.39 is 9.84 Å². The van der Waals surface area contributed by atoms with Gasteiger partial charge in [0.25, 0.3) is 5.89 Å². The molecule has 6 nitrogen and oxygen atoms in total. The standard InChI is InChI=1S/C21H24N2O4S/c1-14-6-8-17(9-7-14)28(24,25)20-21(23-12-15(2)11-16(3)13-23)27-19(22-20)18-5-4-10-26-18/h4-10,15-16H,11-13H2,1-3H3/t15-,16+. The summed E-state index contributed by atoms with van der Waals surface area (Å²) in [6, 6.07) is 10.2. The van der Waals surface area contributed by atoms with Crippen molar-refractivity contribution in [2.75, 3.05) is 18.0 Å². The van der Waals surface area contributed by atoms with Crippen molar-refractivity contribution >= 4 is 15.7 Å². The minimum Gasteiger partial charge on any atom is -0.459 e. The normalized spacial score (nSPS) is 20.5. The van der Waals surface area contributed by atoms with E-state index in [0.29, 0.717) is 23.5 Å². The summed E-state index contributed by atoms with van der Waals surface area (Å²) in [5.74, 6) is 1.76. The van der Waals surface area contributed by atoms with E-state index in [2.05, 4.69) is 18.8 Å². The van der Waals surface area contributed by atoms with E-state index in [-0.39, 0.29) is 15.8 Å². The Hall–Kier alpha value is -2.54. The van der Waals surface area contributed by atoms with Gasteiger partial charge in [0.15, 0.2) is 5.76 Å². The lowest BCUT2D eigenvalue weighted by atomic mass is 9.92. The van der Waals surface area contributed by atoms with Crippen molar-refractivity contribution in [1.82, 2.24) is 4.98 Å². The first kappa shape index (κ1) is 18.8. The van der Waals surface area contributed by atoms with Crippen molar-refractivity contribution in [3.63, 3.8) is 0 Å². The van der Waals surface area contributed by atoms with Crippen molar-refractivity contribution in [2.24, 2.45) is 11.8 Å². The smallest absolute Gasteiger partial charge is 0.266 e. The molecule has 148 valence electrons. The molecule has 0 amide bonds. The number of nitrogens with zero attached hydrogens (tertiary/aromatic N) is 2. The second kappa shape index (κ2) is 7.13. The molecule has 4 rings (SSSR count). The molecule has 0 radical (unpaired) electrons. The second-order valence-electron chi connectivity index (χ2n) is 7.77. The number of hydrogen-bond donors (Lipinski definition) is 0. The SMILES string of the molecule is Cc1ccc(S(=O)(=O)c2nc(-c3ccco3)oc2N2C[C@H](C)C[C@H](C)C2)cc1. The van der Waals surface area contributed by atoms with Crippen LogP contribution in [0.15, 0.2) is 61.4 Å². The van der Waals surface area contributed by atoms with Gasteiger partial charge in [0.1, 0.15) is 0 Å². The molecule has 3 heterocycles. The summed E-state index contributed by atoms with van der Waals surface area (Å²) in [6.07, 6.45) is 2.62. The lowest BCUT2D eigenvalue weighted by molar-refractivity contribution is 0.342. The molecule has 28 heavy (non-hydrogen) atoms. The van der Waals surface area contributed by atoms with Gasteiger partial charge in [0, 0.05) is 13.1 Å². The van der Waals surface area contributed by atoms with Gasteiger partial charge < -0.3 is 13.7 Å². The van der Waals surface area contributed by atoms with Gasteiger partial charge in [-0.05, 0) is 49.4 Å². The lowest BCUT2D eigenvalue weighted by Gasteiger charge is -2.34. The van der Waals surface area contributed by atoms with Crippen LogP contribution in [0.5, 0.6) is 0 Å². The zero-order valence-corrected chi connectivity index (χ0v) is 17.1. The van der Waals surface area contributed by atoms with Crippen LogP contribution in [0.3, 0.4) is 0 Å². The number of aryl methyl sites for hydroxylation is 1. The highest BCUT2D eigenvalue weighted by atomic mass is 32.2. The van der Waals surface area contributed by atoms with Crippen LogP contribution in [0.25, 0.3) is 11.7 Å². The highest BCUT2D eigenvalue weighted by Crippen LogP contribution is 2.37. The van der Waals surface area contributed by atoms with Gasteiger partial charge in [-0.3, -0.25) is 0 Å². The van der Waals surface area contributed by atoms with Crippen LogP contribution in [0, 0.1) is 18.8 Å². The molecular formula is C21H24N2O4S. The van der Waals surface area contributed by atoms with Crippen molar-refractivity contribution in [2.45, 2.75) is 37.1 Å². The monoisotopic (exact) mass is 400 g/mol. The van der Waals surface area contributed by atoms with Crippen LogP contribution in [0.2, 0.25) is 0 Å². The van der Waals surface area contributed by atoms with Gasteiger partial charge in [-0.2, -0.15) is 4.98 Å². The van der Waals surface area contributed by atoms with Crippen LogP contribution < -0.4 is 4.90 Å². The third-order valence-corrected chi connectivity index (χ3v) is 6.72. The Kier molecular flexibility index (Phi) is 4.79. The molecule has 2 atom stereocenters. The van der Waals surface area contributed by atoms with E-state index >= 15 is 0 Å². The van der Waals surface area contributed by atoms with Crippen LogP contribution in [0.1, 0.15) is 25.8 Å². The fourth-order valence-electron chi connectivity index (χ4n) is 3.84. The first-order valence-electron chi connectivity index (χ1n) is 9.46. The van der Waals surface area contributed by atoms with E-state index in [0.717, 1.165) is 25.1 Å². The molecule has 1 fully saturated rings. The summed E-state index contributed by atoms with van der Waals surface area (Å²) >= 11 is 0. The Morgan fingerprint density at radius 1 is 1.07 bits per heavy atom. The number of anilines is 1. The highest BCUT2D eigenvalue weighted by Gasteiger charge is 2.34. The number of aromatic nitrogens is 1. The predicted molar refractivity (Wildman–Crippen MR) is 106 cm³/mol. The first-order chi connectivity index (χ1) is 13.3. The Bertz CT molecular complexity index is 1040. The minimum absolute atomic E-state index is 0.0518. The second-order valence-corrected chi connectivity index (χ2v) is 9.64. The number of benzene rings is 1. The molecule has 1 aliphatic rings. The number of sulfone groups is 1. The van der Waals surface area contributed by atoms with Gasteiger partial charge in [0.05, 0.1) is 11.2 Å². The fraction of sp³-hybridized carbons (Fsp3) is 0.381. The number of rotatable bonds is 4. The average Bonchev–Trinajstić information content (AvgIpc) is 3.31. The molecular weight excluding hydrogens is 376 g/mol. The number of oxazole rings is 1. The van der Waals surface area contributed by atoms with Gasteiger partial charge in [-0.25, -0.2) is 8.42 Å². The van der Waals surface area contributed by atoms with E-state index in [1.165, 1.54) is 6.26 Å². The maximum absolute atomic E-state index is 13.4. The summed E-state index contributed by atoms with van der Waals surface area (Å²) < 4.78 is 38.1. The third-order valence-electron chi connectivity index (χ3n) is 5.05. The minimum atomic E-state index is -3.83. The van der Waals surface area contributed by atoms with Gasteiger partial charge in [0.2, 0.25) is 20.7 Å². The van der Waals surface area contributed by atoms with E-state index in [4.69, 9.17) is 8.83 Å². The zero-order chi connectivity index (χ0) is 19.9. The summed E-state index contributed by atoms with van der Waals surface area (Å²) in [6.45, 7) is 7.71. The molecule has 1 saturated heterocycles. The molecule has 0 unspecified atom stereocenters. The Morgan fingerprint density at radius 3 is 2.36 bits per heavy atom. The Morgan fingerprint density at radius 2 is 1.75 bits per heavy atom. The van der Waals surface area contributed by atoms with Crippen LogP contribution >= 0.6 is 0 Å². The largest absolute Gasteiger partial charge is 0.459 e. The quantitative estimate of drug-likeness (QED) is 0.639. The fourth-order valence-corrected chi connectivity index (χ4v) is 5.16.